The number of hydrogen-bond acceptors (Lipinski definition) is 6. The van der Waals surface area contributed by atoms with Gasteiger partial charge < -0.3 is 9.47 Å². The second-order valence-electron chi connectivity index (χ2n) is 4.35. The van der Waals surface area contributed by atoms with Crippen LogP contribution in [-0.2, 0) is 0 Å². The largest absolute Gasteiger partial charge is 0.493 e. The fourth-order valence-electron chi connectivity index (χ4n) is 2.10. The Bertz CT molecular complexity index is 914. The molecule has 0 aliphatic rings. The normalized spacial score (nSPS) is 12.0. The second kappa shape index (κ2) is 5.17. The molecule has 0 fully saturated rings. The van der Waals surface area contributed by atoms with Crippen molar-refractivity contribution < 1.29 is 9.47 Å². The summed E-state index contributed by atoms with van der Waals surface area (Å²) in [5.41, 5.74) is 0.593. The minimum atomic E-state index is -0.180. The van der Waals surface area contributed by atoms with E-state index in [4.69, 9.17) is 9.47 Å². The van der Waals surface area contributed by atoms with Crippen molar-refractivity contribution in [2.24, 2.45) is 0 Å². The van der Waals surface area contributed by atoms with Gasteiger partial charge in [0.25, 0.3) is 5.56 Å². The Kier molecular flexibility index (Phi) is 3.34. The van der Waals surface area contributed by atoms with Crippen LogP contribution >= 0.6 is 11.3 Å². The number of rotatable bonds is 3. The molecule has 0 aliphatic carbocycles. The smallest absolute Gasteiger partial charge is 0.291 e. The highest BCUT2D eigenvalue weighted by Crippen LogP contribution is 2.30. The van der Waals surface area contributed by atoms with Crippen LogP contribution in [0.3, 0.4) is 0 Å². The van der Waals surface area contributed by atoms with Gasteiger partial charge in [0.05, 0.1) is 18.8 Å². The zero-order chi connectivity index (χ0) is 15.0. The molecule has 6 nitrogen and oxygen atoms in total. The van der Waals surface area contributed by atoms with Crippen molar-refractivity contribution in [1.82, 2.24) is 14.6 Å². The molecule has 0 N–H and O–H groups in total. The Hall–Kier alpha value is -2.41. The van der Waals surface area contributed by atoms with Crippen LogP contribution in [0.1, 0.15) is 11.4 Å². The third kappa shape index (κ3) is 2.25. The summed E-state index contributed by atoms with van der Waals surface area (Å²) in [7, 11) is 3.14. The van der Waals surface area contributed by atoms with Crippen LogP contribution in [-0.4, -0.2) is 28.8 Å². The number of hydrogen-bond donors (Lipinski definition) is 0. The number of nitrogens with zero attached hydrogens (tertiary/aromatic N) is 3. The van der Waals surface area contributed by atoms with Crippen molar-refractivity contribution in [3.05, 3.63) is 44.5 Å². The summed E-state index contributed by atoms with van der Waals surface area (Å²) >= 11 is 1.30. The zero-order valence-corrected chi connectivity index (χ0v) is 12.6. The number of thiazole rings is 1. The van der Waals surface area contributed by atoms with E-state index >= 15 is 0 Å². The van der Waals surface area contributed by atoms with Gasteiger partial charge in [0.15, 0.2) is 11.5 Å². The predicted octanol–water partition coefficient (Wildman–Crippen LogP) is 1.02. The van der Waals surface area contributed by atoms with E-state index in [0.717, 1.165) is 5.56 Å². The third-order valence-electron chi connectivity index (χ3n) is 3.01. The van der Waals surface area contributed by atoms with Gasteiger partial charge in [-0.15, -0.1) is 5.10 Å². The lowest BCUT2D eigenvalue weighted by molar-refractivity contribution is 0.354. The third-order valence-corrected chi connectivity index (χ3v) is 3.97. The molecule has 0 unspecified atom stereocenters. The summed E-state index contributed by atoms with van der Waals surface area (Å²) in [6.07, 6.45) is 1.76. The van der Waals surface area contributed by atoms with Gasteiger partial charge in [0.1, 0.15) is 5.82 Å². The quantitative estimate of drug-likeness (QED) is 0.723. The Morgan fingerprint density at radius 3 is 2.76 bits per heavy atom. The van der Waals surface area contributed by atoms with Crippen molar-refractivity contribution in [2.45, 2.75) is 6.92 Å². The first-order valence-electron chi connectivity index (χ1n) is 6.23. The van der Waals surface area contributed by atoms with Gasteiger partial charge in [-0.3, -0.25) is 4.79 Å². The first kappa shape index (κ1) is 13.6. The lowest BCUT2D eigenvalue weighted by Gasteiger charge is -2.09. The second-order valence-corrected chi connectivity index (χ2v) is 5.36. The molecule has 21 heavy (non-hydrogen) atoms. The van der Waals surface area contributed by atoms with Crippen LogP contribution < -0.4 is 19.6 Å². The Balaban J connectivity index is 2.23. The first-order valence-corrected chi connectivity index (χ1v) is 7.04. The molecule has 0 amide bonds. The average molecular weight is 303 g/mol. The lowest BCUT2D eigenvalue weighted by atomic mass is 10.2. The molecule has 0 saturated carbocycles. The maximum Gasteiger partial charge on any atom is 0.291 e. The van der Waals surface area contributed by atoms with Gasteiger partial charge in [-0.05, 0) is 19.1 Å². The van der Waals surface area contributed by atoms with Crippen LogP contribution in [0.4, 0.5) is 0 Å². The molecule has 108 valence electrons. The number of aryl methyl sites for hydroxylation is 1. The van der Waals surface area contributed by atoms with Crippen LogP contribution in [0.25, 0.3) is 11.0 Å². The standard InChI is InChI=1S/C14H13N3O3S/c1-8-15-14-17(16-8)13(18)11(21-14)7-9-5-4-6-10(19-2)12(9)20-3/h4-7H,1-3H3/b11-7+. The number of ether oxygens (including phenoxy) is 2. The summed E-state index contributed by atoms with van der Waals surface area (Å²) in [5, 5.41) is 4.08. The molecule has 1 aromatic carbocycles. The van der Waals surface area contributed by atoms with Crippen LogP contribution in [0.15, 0.2) is 23.0 Å². The maximum atomic E-state index is 12.3. The molecule has 2 heterocycles. The summed E-state index contributed by atoms with van der Waals surface area (Å²) < 4.78 is 12.5. The van der Waals surface area contributed by atoms with Crippen LogP contribution in [0.2, 0.25) is 0 Å². The number of benzene rings is 1. The fraction of sp³-hybridized carbons (Fsp3) is 0.214. The number of fused-ring (bicyclic) bond motifs is 1. The highest BCUT2D eigenvalue weighted by molar-refractivity contribution is 7.15. The minimum absolute atomic E-state index is 0.180. The molecule has 0 bridgehead atoms. The molecule has 2 aromatic heterocycles. The zero-order valence-electron chi connectivity index (χ0n) is 11.8. The average Bonchev–Trinajstić information content (AvgIpc) is 2.97. The molecule has 3 rings (SSSR count). The van der Waals surface area contributed by atoms with Gasteiger partial charge in [0, 0.05) is 5.56 Å². The van der Waals surface area contributed by atoms with E-state index in [1.807, 2.05) is 12.1 Å². The van der Waals surface area contributed by atoms with E-state index in [-0.39, 0.29) is 5.56 Å². The number of para-hydroxylation sites is 1. The van der Waals surface area contributed by atoms with E-state index in [1.54, 1.807) is 33.3 Å². The Morgan fingerprint density at radius 1 is 1.29 bits per heavy atom. The maximum absolute atomic E-state index is 12.3. The molecule has 0 aliphatic heterocycles. The molecule has 7 heteroatoms. The Labute approximate surface area is 124 Å². The molecule has 3 aromatic rings. The molecular formula is C14H13N3O3S. The first-order chi connectivity index (χ1) is 10.1. The minimum Gasteiger partial charge on any atom is -0.493 e. The monoisotopic (exact) mass is 303 g/mol. The molecule has 0 radical (unpaired) electrons. The summed E-state index contributed by atoms with van der Waals surface area (Å²) in [6.45, 7) is 1.76. The summed E-state index contributed by atoms with van der Waals surface area (Å²) in [5.74, 6) is 1.80. The van der Waals surface area contributed by atoms with Gasteiger partial charge in [-0.2, -0.15) is 4.52 Å². The van der Waals surface area contributed by atoms with Gasteiger partial charge in [0.2, 0.25) is 4.96 Å². The van der Waals surface area contributed by atoms with Crippen molar-refractivity contribution in [2.75, 3.05) is 14.2 Å². The number of methoxy groups -OCH3 is 2. The highest BCUT2D eigenvalue weighted by atomic mass is 32.1. The van der Waals surface area contributed by atoms with Crippen LogP contribution in [0.5, 0.6) is 11.5 Å². The molecule has 0 atom stereocenters. The van der Waals surface area contributed by atoms with Gasteiger partial charge in [-0.1, -0.05) is 23.5 Å². The van der Waals surface area contributed by atoms with Crippen molar-refractivity contribution >= 4 is 22.4 Å². The summed E-state index contributed by atoms with van der Waals surface area (Å²) in [6, 6.07) is 5.52. The van der Waals surface area contributed by atoms with E-state index in [0.29, 0.717) is 26.8 Å². The lowest BCUT2D eigenvalue weighted by Crippen LogP contribution is -2.23. The van der Waals surface area contributed by atoms with E-state index in [9.17, 15) is 4.79 Å². The molecule has 0 saturated heterocycles. The van der Waals surface area contributed by atoms with E-state index in [2.05, 4.69) is 10.1 Å². The van der Waals surface area contributed by atoms with Gasteiger partial charge >= 0.3 is 0 Å². The number of aromatic nitrogens is 3. The summed E-state index contributed by atoms with van der Waals surface area (Å²) in [4.78, 5) is 17.1. The SMILES string of the molecule is COc1cccc(/C=c2/sc3nc(C)nn3c2=O)c1OC. The molecule has 0 spiro atoms. The van der Waals surface area contributed by atoms with Crippen molar-refractivity contribution in [3.8, 4) is 11.5 Å². The van der Waals surface area contributed by atoms with Gasteiger partial charge in [-0.25, -0.2) is 4.98 Å². The Morgan fingerprint density at radius 2 is 2.10 bits per heavy atom. The topological polar surface area (TPSA) is 65.7 Å². The molecular weight excluding hydrogens is 290 g/mol. The van der Waals surface area contributed by atoms with E-state index < -0.39 is 0 Å². The van der Waals surface area contributed by atoms with Crippen molar-refractivity contribution in [3.63, 3.8) is 0 Å². The predicted molar refractivity (Wildman–Crippen MR) is 80.2 cm³/mol. The van der Waals surface area contributed by atoms with Crippen molar-refractivity contribution in [1.29, 1.82) is 0 Å². The fourth-order valence-corrected chi connectivity index (χ4v) is 3.04. The van der Waals surface area contributed by atoms with E-state index in [1.165, 1.54) is 15.9 Å². The van der Waals surface area contributed by atoms with Crippen LogP contribution in [0, 0.1) is 6.92 Å². The highest BCUT2D eigenvalue weighted by Gasteiger charge is 2.11.